The molecule has 0 aliphatic heterocycles. The highest BCUT2D eigenvalue weighted by Gasteiger charge is 2.20. The average molecular weight is 416 g/mol. The van der Waals surface area contributed by atoms with Crippen molar-refractivity contribution < 1.29 is 10.2 Å². The van der Waals surface area contributed by atoms with Crippen LogP contribution in [0.1, 0.15) is 43.4 Å². The van der Waals surface area contributed by atoms with Gasteiger partial charge in [-0.3, -0.25) is 9.98 Å². The lowest BCUT2D eigenvalue weighted by atomic mass is 10.0. The number of nitrogens with zero attached hydrogens (tertiary/aromatic N) is 4. The number of aromatic nitrogens is 4. The first-order valence-corrected chi connectivity index (χ1v) is 10.5. The average Bonchev–Trinajstić information content (AvgIpc) is 3.41. The molecular formula is C23H24N6O2. The Hall–Kier alpha value is -3.81. The van der Waals surface area contributed by atoms with E-state index in [0.29, 0.717) is 17.3 Å². The highest BCUT2D eigenvalue weighted by Crippen LogP contribution is 2.24. The third kappa shape index (κ3) is 3.96. The van der Waals surface area contributed by atoms with Crippen LogP contribution in [0.25, 0.3) is 11.7 Å². The lowest BCUT2D eigenvalue weighted by molar-refractivity contribution is 0.425. The van der Waals surface area contributed by atoms with Gasteiger partial charge < -0.3 is 15.5 Å². The van der Waals surface area contributed by atoms with Gasteiger partial charge in [-0.15, -0.1) is 0 Å². The van der Waals surface area contributed by atoms with Gasteiger partial charge >= 0.3 is 0 Å². The first-order valence-electron chi connectivity index (χ1n) is 10.5. The summed E-state index contributed by atoms with van der Waals surface area (Å²) in [5, 5.41) is 28.3. The Labute approximate surface area is 178 Å². The lowest BCUT2D eigenvalue weighted by Gasteiger charge is -2.18. The molecule has 0 unspecified atom stereocenters. The summed E-state index contributed by atoms with van der Waals surface area (Å²) in [6.45, 7) is 2.14. The molecule has 1 saturated carbocycles. The first-order chi connectivity index (χ1) is 15.1. The minimum atomic E-state index is -0.107. The van der Waals surface area contributed by atoms with Gasteiger partial charge in [-0.2, -0.15) is 9.61 Å². The standard InChI is InChI=1S/C23H24N6O2/c1-2-18(14-6-4-3-5-7-14)26-19-12-20(25-17-8-9-17)29-22(27-19)16(13-24-29)10-15-11-21(30)28-23(15)31/h3-7,10-13,17-18,26,28,30-31H,2,8-9H2,1H3/t18-/m0/s1. The first kappa shape index (κ1) is 19.2. The molecule has 5 rings (SSSR count). The summed E-state index contributed by atoms with van der Waals surface area (Å²) < 4.78 is 1.72. The quantitative estimate of drug-likeness (QED) is 0.386. The van der Waals surface area contributed by atoms with Crippen molar-refractivity contribution in [1.29, 1.82) is 0 Å². The number of rotatable bonds is 6. The van der Waals surface area contributed by atoms with Crippen LogP contribution in [-0.4, -0.2) is 35.8 Å². The van der Waals surface area contributed by atoms with Crippen LogP contribution in [-0.2, 0) is 0 Å². The number of anilines is 1. The van der Waals surface area contributed by atoms with Crippen molar-refractivity contribution in [3.05, 3.63) is 70.5 Å². The fourth-order valence-electron chi connectivity index (χ4n) is 3.63. The number of aromatic amines is 1. The number of hydrogen-bond donors (Lipinski definition) is 4. The van der Waals surface area contributed by atoms with Crippen molar-refractivity contribution in [3.8, 4) is 11.8 Å². The molecule has 0 amide bonds. The molecular weight excluding hydrogens is 392 g/mol. The second-order valence-electron chi connectivity index (χ2n) is 7.81. The summed E-state index contributed by atoms with van der Waals surface area (Å²) in [7, 11) is 0. The number of H-pyrrole nitrogens is 1. The molecule has 31 heavy (non-hydrogen) atoms. The predicted octanol–water partition coefficient (Wildman–Crippen LogP) is 2.64. The fraction of sp³-hybridized carbons (Fsp3) is 0.261. The number of hydrogen-bond acceptors (Lipinski definition) is 6. The Morgan fingerprint density at radius 2 is 2.06 bits per heavy atom. The normalized spacial score (nSPS) is 16.2. The maximum atomic E-state index is 9.99. The molecule has 1 fully saturated rings. The van der Waals surface area contributed by atoms with E-state index in [1.54, 1.807) is 16.8 Å². The Kier molecular flexibility index (Phi) is 4.82. The van der Waals surface area contributed by atoms with Gasteiger partial charge in [0.25, 0.3) is 0 Å². The van der Waals surface area contributed by atoms with Gasteiger partial charge in [0.15, 0.2) is 22.9 Å². The zero-order valence-electron chi connectivity index (χ0n) is 17.2. The molecule has 8 nitrogen and oxygen atoms in total. The van der Waals surface area contributed by atoms with E-state index in [9.17, 15) is 10.2 Å². The molecule has 3 aromatic heterocycles. The molecule has 4 aromatic rings. The lowest BCUT2D eigenvalue weighted by Crippen LogP contribution is -2.21. The van der Waals surface area contributed by atoms with E-state index in [0.717, 1.165) is 35.8 Å². The smallest absolute Gasteiger partial charge is 0.198 e. The van der Waals surface area contributed by atoms with E-state index in [2.05, 4.69) is 34.5 Å². The van der Waals surface area contributed by atoms with Crippen LogP contribution in [0.2, 0.25) is 0 Å². The highest BCUT2D eigenvalue weighted by molar-refractivity contribution is 5.62. The second-order valence-corrected chi connectivity index (χ2v) is 7.81. The summed E-state index contributed by atoms with van der Waals surface area (Å²) in [6, 6.07) is 14.1. The van der Waals surface area contributed by atoms with Gasteiger partial charge in [0.1, 0.15) is 5.82 Å². The van der Waals surface area contributed by atoms with Crippen molar-refractivity contribution in [1.82, 2.24) is 19.6 Å². The number of nitrogens with one attached hydrogen (secondary N) is 2. The van der Waals surface area contributed by atoms with Crippen LogP contribution in [0.15, 0.2) is 53.7 Å². The van der Waals surface area contributed by atoms with Crippen molar-refractivity contribution >= 4 is 17.5 Å². The van der Waals surface area contributed by atoms with Crippen molar-refractivity contribution in [2.45, 2.75) is 38.3 Å². The third-order valence-electron chi connectivity index (χ3n) is 5.40. The van der Waals surface area contributed by atoms with Crippen molar-refractivity contribution in [3.63, 3.8) is 0 Å². The fourth-order valence-corrected chi connectivity index (χ4v) is 3.63. The van der Waals surface area contributed by atoms with E-state index in [-0.39, 0.29) is 17.8 Å². The van der Waals surface area contributed by atoms with Gasteiger partial charge in [-0.25, -0.2) is 4.98 Å². The topological polar surface area (TPSA) is 111 Å². The van der Waals surface area contributed by atoms with E-state index in [1.165, 1.54) is 11.6 Å². The second kappa shape index (κ2) is 7.79. The molecule has 0 bridgehead atoms. The molecule has 1 aliphatic rings. The molecule has 158 valence electrons. The molecule has 1 atom stereocenters. The Balaban J connectivity index is 1.63. The molecule has 4 N–H and O–H groups in total. The zero-order valence-corrected chi connectivity index (χ0v) is 17.2. The third-order valence-corrected chi connectivity index (χ3v) is 5.40. The van der Waals surface area contributed by atoms with Crippen LogP contribution < -0.4 is 16.0 Å². The molecule has 1 aliphatic carbocycles. The van der Waals surface area contributed by atoms with Gasteiger partial charge in [0.2, 0.25) is 0 Å². The largest absolute Gasteiger partial charge is 0.494 e. The van der Waals surface area contributed by atoms with Gasteiger partial charge in [0.05, 0.1) is 18.3 Å². The van der Waals surface area contributed by atoms with Crippen molar-refractivity contribution in [2.24, 2.45) is 4.99 Å². The monoisotopic (exact) mass is 416 g/mol. The molecule has 0 saturated heterocycles. The number of fused-ring (bicyclic) bond motifs is 1. The van der Waals surface area contributed by atoms with Gasteiger partial charge in [0, 0.05) is 22.9 Å². The summed E-state index contributed by atoms with van der Waals surface area (Å²) in [6.07, 6.45) is 6.51. The summed E-state index contributed by atoms with van der Waals surface area (Å²) >= 11 is 0. The minimum absolute atomic E-state index is 0.103. The minimum Gasteiger partial charge on any atom is -0.494 e. The van der Waals surface area contributed by atoms with E-state index in [4.69, 9.17) is 9.98 Å². The SMILES string of the molecule is CC[C@H](Nc1cc(=NC2CC2)n2ncc(=Cc3cc(O)[nH]c3O)c2n1)c1ccccc1. The predicted molar refractivity (Wildman–Crippen MR) is 118 cm³/mol. The van der Waals surface area contributed by atoms with Crippen LogP contribution >= 0.6 is 0 Å². The molecule has 1 aromatic carbocycles. The zero-order chi connectivity index (χ0) is 21.4. The van der Waals surface area contributed by atoms with Crippen LogP contribution in [0.5, 0.6) is 11.8 Å². The Morgan fingerprint density at radius 3 is 2.74 bits per heavy atom. The van der Waals surface area contributed by atoms with E-state index >= 15 is 0 Å². The number of benzene rings is 1. The maximum absolute atomic E-state index is 9.99. The van der Waals surface area contributed by atoms with Crippen molar-refractivity contribution in [2.75, 3.05) is 5.32 Å². The van der Waals surface area contributed by atoms with E-state index < -0.39 is 0 Å². The Morgan fingerprint density at radius 1 is 1.26 bits per heavy atom. The number of aromatic hydroxyl groups is 2. The summed E-state index contributed by atoms with van der Waals surface area (Å²) in [5.41, 5.74) is 3.04. The van der Waals surface area contributed by atoms with Crippen LogP contribution in [0.3, 0.4) is 0 Å². The molecule has 0 radical (unpaired) electrons. The molecule has 3 heterocycles. The van der Waals surface area contributed by atoms with Gasteiger partial charge in [-0.05, 0) is 30.9 Å². The summed E-state index contributed by atoms with van der Waals surface area (Å²) in [5.74, 6) is 0.511. The maximum Gasteiger partial charge on any atom is 0.198 e. The highest BCUT2D eigenvalue weighted by atomic mass is 16.3. The Bertz CT molecular complexity index is 1340. The molecule has 0 spiro atoms. The van der Waals surface area contributed by atoms with E-state index in [1.807, 2.05) is 24.3 Å². The molecule has 8 heteroatoms. The van der Waals surface area contributed by atoms with Crippen LogP contribution in [0, 0.1) is 0 Å². The summed E-state index contributed by atoms with van der Waals surface area (Å²) in [4.78, 5) is 12.1. The van der Waals surface area contributed by atoms with Crippen LogP contribution in [0.4, 0.5) is 5.82 Å². The van der Waals surface area contributed by atoms with Gasteiger partial charge in [-0.1, -0.05) is 37.3 Å².